The van der Waals surface area contributed by atoms with Crippen LogP contribution in [-0.2, 0) is 26.2 Å². The number of benzene rings is 2. The molecule has 0 aliphatic carbocycles. The molecule has 0 radical (unpaired) electrons. The van der Waals surface area contributed by atoms with E-state index in [4.69, 9.17) is 23.2 Å². The van der Waals surface area contributed by atoms with Crippen LogP contribution in [-0.4, -0.2) is 55.8 Å². The Morgan fingerprint density at radius 1 is 1.03 bits per heavy atom. The average Bonchev–Trinajstić information content (AvgIpc) is 2.82. The molecule has 2 amide bonds. The van der Waals surface area contributed by atoms with Gasteiger partial charge >= 0.3 is 0 Å². The highest BCUT2D eigenvalue weighted by Gasteiger charge is 2.32. The first kappa shape index (κ1) is 30.6. The lowest BCUT2D eigenvalue weighted by molar-refractivity contribution is -0.140. The fraction of sp³-hybridized carbons (Fsp3) is 0.423. The summed E-state index contributed by atoms with van der Waals surface area (Å²) in [6.45, 7) is 6.33. The summed E-state index contributed by atoms with van der Waals surface area (Å²) < 4.78 is 26.4. The van der Waals surface area contributed by atoms with Crippen molar-refractivity contribution in [2.75, 3.05) is 17.1 Å². The summed E-state index contributed by atoms with van der Waals surface area (Å²) in [6.07, 6.45) is 1.97. The van der Waals surface area contributed by atoms with Crippen molar-refractivity contribution in [1.29, 1.82) is 0 Å². The molecule has 2 atom stereocenters. The molecular formula is C26H33Cl2N3O5S. The maximum absolute atomic E-state index is 13.7. The van der Waals surface area contributed by atoms with E-state index in [1.165, 1.54) is 30.0 Å². The van der Waals surface area contributed by atoms with Crippen molar-refractivity contribution >= 4 is 56.5 Å². The number of anilines is 1. The third-order valence-corrected chi connectivity index (χ3v) is 7.69. The van der Waals surface area contributed by atoms with Gasteiger partial charge in [-0.15, -0.1) is 0 Å². The van der Waals surface area contributed by atoms with Gasteiger partial charge in [0.15, 0.2) is 5.78 Å². The first-order valence-electron chi connectivity index (χ1n) is 11.9. The van der Waals surface area contributed by atoms with Gasteiger partial charge in [0.1, 0.15) is 12.6 Å². The Labute approximate surface area is 229 Å². The zero-order valence-corrected chi connectivity index (χ0v) is 24.0. The summed E-state index contributed by atoms with van der Waals surface area (Å²) in [6, 6.07) is 9.88. The molecule has 1 N–H and O–H groups in total. The van der Waals surface area contributed by atoms with Crippen LogP contribution in [0.5, 0.6) is 0 Å². The van der Waals surface area contributed by atoms with Crippen LogP contribution in [0.2, 0.25) is 10.0 Å². The Balaban J connectivity index is 2.51. The Bertz CT molecular complexity index is 1250. The standard InChI is InChI=1S/C26H33Cl2N3O5S/c1-6-17(3)29-26(34)24(7-2)30(15-20-11-12-21(27)14-23(20)28)25(33)16-31(37(5,35)36)22-10-8-9-19(13-22)18(4)32/h8-14,17,24H,6-7,15-16H2,1-5H3,(H,29,34). The third-order valence-electron chi connectivity index (χ3n) is 5.96. The fourth-order valence-electron chi connectivity index (χ4n) is 3.69. The maximum Gasteiger partial charge on any atom is 0.244 e. The van der Waals surface area contributed by atoms with Crippen molar-refractivity contribution in [3.8, 4) is 0 Å². The van der Waals surface area contributed by atoms with Gasteiger partial charge < -0.3 is 10.2 Å². The number of hydrogen-bond donors (Lipinski definition) is 1. The normalized spacial score (nSPS) is 12.9. The molecule has 2 aromatic rings. The monoisotopic (exact) mass is 569 g/mol. The topological polar surface area (TPSA) is 104 Å². The lowest BCUT2D eigenvalue weighted by Crippen LogP contribution is -2.53. The minimum Gasteiger partial charge on any atom is -0.352 e. The van der Waals surface area contributed by atoms with Gasteiger partial charge in [-0.3, -0.25) is 18.7 Å². The van der Waals surface area contributed by atoms with E-state index in [-0.39, 0.29) is 36.4 Å². The van der Waals surface area contributed by atoms with Gasteiger partial charge in [0.2, 0.25) is 21.8 Å². The summed E-state index contributed by atoms with van der Waals surface area (Å²) in [5, 5.41) is 3.64. The molecule has 0 fully saturated rings. The van der Waals surface area contributed by atoms with E-state index in [1.54, 1.807) is 31.2 Å². The van der Waals surface area contributed by atoms with Crippen LogP contribution < -0.4 is 9.62 Å². The molecule has 0 aliphatic heterocycles. The van der Waals surface area contributed by atoms with Crippen molar-refractivity contribution in [1.82, 2.24) is 10.2 Å². The number of ketones is 1. The summed E-state index contributed by atoms with van der Waals surface area (Å²) in [5.74, 6) is -1.19. The van der Waals surface area contributed by atoms with Crippen molar-refractivity contribution in [3.05, 3.63) is 63.6 Å². The second-order valence-electron chi connectivity index (χ2n) is 8.88. The van der Waals surface area contributed by atoms with Gasteiger partial charge in [0.05, 0.1) is 11.9 Å². The first-order valence-corrected chi connectivity index (χ1v) is 14.5. The Hall–Kier alpha value is -2.62. The van der Waals surface area contributed by atoms with Gasteiger partial charge in [0.25, 0.3) is 0 Å². The van der Waals surface area contributed by atoms with Gasteiger partial charge in [-0.2, -0.15) is 0 Å². The number of hydrogen-bond acceptors (Lipinski definition) is 5. The molecular weight excluding hydrogens is 537 g/mol. The van der Waals surface area contributed by atoms with Gasteiger partial charge in [0, 0.05) is 28.2 Å². The zero-order valence-electron chi connectivity index (χ0n) is 21.6. The minimum atomic E-state index is -3.92. The molecule has 0 bridgehead atoms. The summed E-state index contributed by atoms with van der Waals surface area (Å²) in [7, 11) is -3.92. The van der Waals surface area contributed by atoms with E-state index >= 15 is 0 Å². The largest absolute Gasteiger partial charge is 0.352 e. The van der Waals surface area contributed by atoms with E-state index in [0.29, 0.717) is 27.6 Å². The number of sulfonamides is 1. The molecule has 2 rings (SSSR count). The number of nitrogens with one attached hydrogen (secondary N) is 1. The van der Waals surface area contributed by atoms with E-state index in [9.17, 15) is 22.8 Å². The molecule has 8 nitrogen and oxygen atoms in total. The molecule has 2 unspecified atom stereocenters. The number of amides is 2. The highest BCUT2D eigenvalue weighted by atomic mass is 35.5. The highest BCUT2D eigenvalue weighted by Crippen LogP contribution is 2.25. The van der Waals surface area contributed by atoms with Crippen LogP contribution in [0.25, 0.3) is 0 Å². The van der Waals surface area contributed by atoms with Crippen molar-refractivity contribution in [2.24, 2.45) is 0 Å². The summed E-state index contributed by atoms with van der Waals surface area (Å²) in [4.78, 5) is 40.1. The number of halogens is 2. The fourth-order valence-corrected chi connectivity index (χ4v) is 5.00. The maximum atomic E-state index is 13.7. The molecule has 37 heavy (non-hydrogen) atoms. The molecule has 11 heteroatoms. The van der Waals surface area contributed by atoms with Gasteiger partial charge in [-0.25, -0.2) is 8.42 Å². The summed E-state index contributed by atoms with van der Waals surface area (Å²) >= 11 is 12.4. The van der Waals surface area contributed by atoms with Gasteiger partial charge in [-0.05, 0) is 56.5 Å². The van der Waals surface area contributed by atoms with Crippen LogP contribution >= 0.6 is 23.2 Å². The van der Waals surface area contributed by atoms with E-state index < -0.39 is 28.5 Å². The molecule has 2 aromatic carbocycles. The number of carbonyl (C=O) groups excluding carboxylic acids is 3. The van der Waals surface area contributed by atoms with Crippen molar-refractivity contribution in [2.45, 2.75) is 59.2 Å². The number of rotatable bonds is 12. The predicted molar refractivity (Wildman–Crippen MR) is 148 cm³/mol. The highest BCUT2D eigenvalue weighted by molar-refractivity contribution is 7.92. The van der Waals surface area contributed by atoms with E-state index in [2.05, 4.69) is 5.32 Å². The van der Waals surface area contributed by atoms with Gasteiger partial charge in [-0.1, -0.05) is 55.2 Å². The Morgan fingerprint density at radius 2 is 1.70 bits per heavy atom. The number of nitrogens with zero attached hydrogens (tertiary/aromatic N) is 2. The lowest BCUT2D eigenvalue weighted by atomic mass is 10.1. The molecule has 0 spiro atoms. The Morgan fingerprint density at radius 3 is 2.24 bits per heavy atom. The predicted octanol–water partition coefficient (Wildman–Crippen LogP) is 4.68. The van der Waals surface area contributed by atoms with Crippen LogP contribution in [0.15, 0.2) is 42.5 Å². The van der Waals surface area contributed by atoms with Crippen LogP contribution in [0, 0.1) is 0 Å². The molecule has 0 saturated carbocycles. The Kier molecular flexibility index (Phi) is 11.0. The van der Waals surface area contributed by atoms with Crippen molar-refractivity contribution < 1.29 is 22.8 Å². The number of carbonyl (C=O) groups is 3. The average molecular weight is 571 g/mol. The van der Waals surface area contributed by atoms with E-state index in [0.717, 1.165) is 10.6 Å². The summed E-state index contributed by atoms with van der Waals surface area (Å²) in [5.41, 5.74) is 1.03. The third kappa shape index (κ3) is 8.45. The molecule has 0 saturated heterocycles. The smallest absolute Gasteiger partial charge is 0.244 e. The zero-order chi connectivity index (χ0) is 27.9. The number of Topliss-reactive ketones (excluding diaryl/α,β-unsaturated/α-hetero) is 1. The van der Waals surface area contributed by atoms with Crippen LogP contribution in [0.1, 0.15) is 56.5 Å². The lowest BCUT2D eigenvalue weighted by Gasteiger charge is -2.33. The molecule has 0 heterocycles. The minimum absolute atomic E-state index is 0.0354. The van der Waals surface area contributed by atoms with Crippen LogP contribution in [0.4, 0.5) is 5.69 Å². The molecule has 0 aromatic heterocycles. The molecule has 0 aliphatic rings. The second-order valence-corrected chi connectivity index (χ2v) is 11.6. The SMILES string of the molecule is CCC(C)NC(=O)C(CC)N(Cc1ccc(Cl)cc1Cl)C(=O)CN(c1cccc(C(C)=O)c1)S(C)(=O)=O. The van der Waals surface area contributed by atoms with E-state index in [1.807, 2.05) is 13.8 Å². The first-order chi connectivity index (χ1) is 17.3. The van der Waals surface area contributed by atoms with Crippen LogP contribution in [0.3, 0.4) is 0 Å². The second kappa shape index (κ2) is 13.3. The quantitative estimate of drug-likeness (QED) is 0.373. The van der Waals surface area contributed by atoms with Crippen molar-refractivity contribution in [3.63, 3.8) is 0 Å². The molecule has 202 valence electrons.